The number of aliphatic hydroxyl groups is 2. The van der Waals surface area contributed by atoms with Crippen LogP contribution in [-0.4, -0.2) is 58.5 Å². The van der Waals surface area contributed by atoms with Crippen molar-refractivity contribution in [3.63, 3.8) is 0 Å². The average Bonchev–Trinajstić information content (AvgIpc) is 3.29. The Morgan fingerprint density at radius 3 is 2.61 bits per heavy atom. The van der Waals surface area contributed by atoms with Crippen molar-refractivity contribution >= 4 is 0 Å². The normalized spacial score (nSPS) is 30.1. The largest absolute Gasteiger partial charge is 0.481 e. The summed E-state index contributed by atoms with van der Waals surface area (Å²) in [4.78, 5) is 6.53. The second-order valence-corrected chi connectivity index (χ2v) is 9.97. The molecule has 0 unspecified atom stereocenters. The van der Waals surface area contributed by atoms with Crippen molar-refractivity contribution in [2.45, 2.75) is 36.6 Å². The molecule has 3 aliphatic rings. The first kappa shape index (κ1) is 25.7. The first-order chi connectivity index (χ1) is 18.3. The Balaban J connectivity index is 1.79. The van der Waals surface area contributed by atoms with Crippen molar-refractivity contribution < 1.29 is 19.7 Å². The lowest BCUT2D eigenvalue weighted by molar-refractivity contribution is -0.132. The maximum absolute atomic E-state index is 12.8. The summed E-state index contributed by atoms with van der Waals surface area (Å²) >= 11 is 0. The van der Waals surface area contributed by atoms with Gasteiger partial charge in [0.25, 0.3) is 0 Å². The predicted molar refractivity (Wildman–Crippen MR) is 140 cm³/mol. The monoisotopic (exact) mass is 510 g/mol. The minimum atomic E-state index is -2.01. The third-order valence-electron chi connectivity index (χ3n) is 8.13. The van der Waals surface area contributed by atoms with Gasteiger partial charge in [-0.25, -0.2) is 4.98 Å². The Hall–Kier alpha value is -3.95. The molecule has 0 spiro atoms. The summed E-state index contributed by atoms with van der Waals surface area (Å²) in [7, 11) is 1.40. The molecule has 2 fully saturated rings. The zero-order chi connectivity index (χ0) is 27.1. The van der Waals surface area contributed by atoms with E-state index in [-0.39, 0.29) is 22.9 Å². The van der Waals surface area contributed by atoms with Gasteiger partial charge >= 0.3 is 0 Å². The molecule has 0 amide bonds. The van der Waals surface area contributed by atoms with E-state index in [4.69, 9.17) is 9.47 Å². The maximum atomic E-state index is 12.8. The molecule has 1 aliphatic carbocycles. The smallest absolute Gasteiger partial charge is 0.224 e. The molecule has 0 bridgehead atoms. The second-order valence-electron chi connectivity index (χ2n) is 9.97. The molecule has 1 saturated heterocycles. The topological polar surface area (TPSA) is 123 Å². The number of nitrogens with zero attached hydrogens (tertiary/aromatic N) is 4. The first-order valence-electron chi connectivity index (χ1n) is 12.7. The van der Waals surface area contributed by atoms with Crippen molar-refractivity contribution in [2.75, 3.05) is 26.7 Å². The summed E-state index contributed by atoms with van der Waals surface area (Å²) in [6, 6.07) is 15.2. The highest BCUT2D eigenvalue weighted by Crippen LogP contribution is 2.68. The zero-order valence-corrected chi connectivity index (χ0v) is 21.5. The third-order valence-corrected chi connectivity index (χ3v) is 8.13. The van der Waals surface area contributed by atoms with Crippen LogP contribution in [0.3, 0.4) is 0 Å². The number of aliphatic hydroxyl groups excluding tert-OH is 1. The second kappa shape index (κ2) is 9.74. The molecule has 1 saturated carbocycles. The van der Waals surface area contributed by atoms with Crippen LogP contribution in [0.25, 0.3) is 0 Å². The summed E-state index contributed by atoms with van der Waals surface area (Å²) in [5.74, 6) is -0.736. The summed E-state index contributed by atoms with van der Waals surface area (Å²) < 4.78 is 12.3. The Labute approximate surface area is 222 Å². The quantitative estimate of drug-likeness (QED) is 0.430. The number of benzene rings is 1. The number of hydrogen-bond donors (Lipinski definition) is 2. The van der Waals surface area contributed by atoms with Crippen LogP contribution in [0.4, 0.5) is 0 Å². The van der Waals surface area contributed by atoms with Gasteiger partial charge in [-0.15, -0.1) is 0 Å². The lowest BCUT2D eigenvalue weighted by Crippen LogP contribution is -2.55. The standard InChI is InChI=1S/C30H30N4O4/c1-4-20(16-31)12-11-19(2)30-25(21-9-6-5-7-10-21)23(18-34-13-8-14-34)27(35)29(30,36)26-24(38-30)15-22(17-32)33-28(26)37-3/h4-7,9-12,15,23,25,27,35-36H,2,8,13-14,18H2,1,3H3/b12-11-,20-4+/t23-,25-,27-,29+,30+/m1/s1. The van der Waals surface area contributed by atoms with Crippen LogP contribution in [0.1, 0.15) is 36.1 Å². The Kier molecular flexibility index (Phi) is 6.58. The van der Waals surface area contributed by atoms with Gasteiger partial charge in [0.1, 0.15) is 17.5 Å². The van der Waals surface area contributed by atoms with Gasteiger partial charge in [0, 0.05) is 30.0 Å². The molecule has 3 heterocycles. The van der Waals surface area contributed by atoms with E-state index in [0.29, 0.717) is 17.7 Å². The Morgan fingerprint density at radius 2 is 2.03 bits per heavy atom. The zero-order valence-electron chi connectivity index (χ0n) is 21.5. The number of fused-ring (bicyclic) bond motifs is 3. The van der Waals surface area contributed by atoms with Gasteiger partial charge in [0.05, 0.1) is 24.8 Å². The van der Waals surface area contributed by atoms with E-state index in [1.165, 1.54) is 13.2 Å². The van der Waals surface area contributed by atoms with Crippen molar-refractivity contribution in [2.24, 2.45) is 5.92 Å². The van der Waals surface area contributed by atoms with Gasteiger partial charge in [0.2, 0.25) is 5.88 Å². The highest BCUT2D eigenvalue weighted by molar-refractivity contribution is 5.62. The van der Waals surface area contributed by atoms with Crippen LogP contribution < -0.4 is 9.47 Å². The van der Waals surface area contributed by atoms with Crippen molar-refractivity contribution in [1.29, 1.82) is 10.5 Å². The highest BCUT2D eigenvalue weighted by atomic mass is 16.5. The van der Waals surface area contributed by atoms with E-state index < -0.39 is 29.1 Å². The number of methoxy groups -OCH3 is 1. The molecular weight excluding hydrogens is 480 g/mol. The molecule has 1 aromatic heterocycles. The van der Waals surface area contributed by atoms with Gasteiger partial charge in [-0.1, -0.05) is 49.1 Å². The fourth-order valence-corrected chi connectivity index (χ4v) is 6.27. The van der Waals surface area contributed by atoms with Crippen LogP contribution in [0, 0.1) is 28.6 Å². The minimum Gasteiger partial charge on any atom is -0.481 e. The third kappa shape index (κ3) is 3.57. The molecule has 38 heavy (non-hydrogen) atoms. The van der Waals surface area contributed by atoms with Gasteiger partial charge in [-0.2, -0.15) is 10.5 Å². The van der Waals surface area contributed by atoms with E-state index in [9.17, 15) is 20.7 Å². The lowest BCUT2D eigenvalue weighted by Gasteiger charge is -2.41. The van der Waals surface area contributed by atoms with Gasteiger partial charge in [-0.3, -0.25) is 0 Å². The molecule has 1 aromatic carbocycles. The van der Waals surface area contributed by atoms with Crippen molar-refractivity contribution in [3.05, 3.63) is 89.2 Å². The van der Waals surface area contributed by atoms with E-state index in [1.807, 2.05) is 36.4 Å². The summed E-state index contributed by atoms with van der Waals surface area (Å²) in [5, 5.41) is 43.9. The number of aromatic nitrogens is 1. The number of likely N-dealkylation sites (tertiary alicyclic amines) is 1. The SMILES string of the molecule is C=C(/C=C\C(C#N)=C/C)[C@@]12Oc3cc(C#N)nc(OC)c3[C@]1(O)[C@H](O)[C@H](CN1CCC1)[C@H]2c1ccccc1. The fraction of sp³-hybridized carbons (Fsp3) is 0.367. The summed E-state index contributed by atoms with van der Waals surface area (Å²) in [6.07, 6.45) is 4.76. The van der Waals surface area contributed by atoms with Crippen LogP contribution in [0.15, 0.2) is 72.4 Å². The van der Waals surface area contributed by atoms with Crippen LogP contribution >= 0.6 is 0 Å². The van der Waals surface area contributed by atoms with Gasteiger partial charge in [-0.05, 0) is 43.6 Å². The number of nitriles is 2. The molecule has 2 N–H and O–H groups in total. The van der Waals surface area contributed by atoms with E-state index in [1.54, 1.807) is 25.2 Å². The summed E-state index contributed by atoms with van der Waals surface area (Å²) in [5.41, 5.74) is -1.66. The van der Waals surface area contributed by atoms with Gasteiger partial charge < -0.3 is 24.6 Å². The molecule has 2 aromatic rings. The van der Waals surface area contributed by atoms with Gasteiger partial charge in [0.15, 0.2) is 11.2 Å². The van der Waals surface area contributed by atoms with Crippen molar-refractivity contribution in [3.8, 4) is 23.8 Å². The average molecular weight is 511 g/mol. The fourth-order valence-electron chi connectivity index (χ4n) is 6.27. The maximum Gasteiger partial charge on any atom is 0.224 e. The summed E-state index contributed by atoms with van der Waals surface area (Å²) in [6.45, 7) is 8.47. The number of allylic oxidation sites excluding steroid dienone is 3. The van der Waals surface area contributed by atoms with Crippen molar-refractivity contribution in [1.82, 2.24) is 9.88 Å². The van der Waals surface area contributed by atoms with E-state index in [2.05, 4.69) is 22.5 Å². The molecule has 8 nitrogen and oxygen atoms in total. The molecule has 194 valence electrons. The number of pyridine rings is 1. The van der Waals surface area contributed by atoms with E-state index in [0.717, 1.165) is 25.1 Å². The minimum absolute atomic E-state index is 0.0156. The number of ether oxygens (including phenoxy) is 2. The molecule has 8 heteroatoms. The molecular formula is C30H30N4O4. The van der Waals surface area contributed by atoms with Crippen LogP contribution in [-0.2, 0) is 5.60 Å². The van der Waals surface area contributed by atoms with E-state index >= 15 is 0 Å². The first-order valence-corrected chi connectivity index (χ1v) is 12.7. The molecule has 2 aliphatic heterocycles. The van der Waals surface area contributed by atoms with Crippen LogP contribution in [0.2, 0.25) is 0 Å². The predicted octanol–water partition coefficient (Wildman–Crippen LogP) is 3.34. The molecule has 0 radical (unpaired) electrons. The number of rotatable bonds is 7. The Morgan fingerprint density at radius 1 is 1.29 bits per heavy atom. The lowest BCUT2D eigenvalue weighted by atomic mass is 9.70. The molecule has 5 rings (SSSR count). The molecule has 5 atom stereocenters. The highest BCUT2D eigenvalue weighted by Gasteiger charge is 2.77. The van der Waals surface area contributed by atoms with Crippen LogP contribution in [0.5, 0.6) is 11.6 Å². The Bertz CT molecular complexity index is 1400. The number of hydrogen-bond acceptors (Lipinski definition) is 8.